The molecule has 1 heterocycles. The molecule has 0 spiro atoms. The lowest BCUT2D eigenvalue weighted by Gasteiger charge is -2.48. The van der Waals surface area contributed by atoms with E-state index in [0.29, 0.717) is 6.42 Å². The molecule has 0 bridgehead atoms. The van der Waals surface area contributed by atoms with Crippen LogP contribution in [0.4, 0.5) is 0 Å². The van der Waals surface area contributed by atoms with Crippen LogP contribution in [0.25, 0.3) is 0 Å². The Hall–Kier alpha value is -3.11. The molecular formula is C36H46O7Si. The number of carbonyl (C=O) groups excluding carboxylic acids is 1. The zero-order valence-electron chi connectivity index (χ0n) is 26.8. The molecule has 0 aromatic heterocycles. The molecule has 7 nitrogen and oxygen atoms in total. The first-order valence-corrected chi connectivity index (χ1v) is 16.9. The average Bonchev–Trinajstić information content (AvgIpc) is 3.03. The Labute approximate surface area is 263 Å². The molecule has 0 N–H and O–H groups in total. The second-order valence-corrected chi connectivity index (χ2v) is 16.6. The van der Waals surface area contributed by atoms with Crippen LogP contribution >= 0.6 is 0 Å². The molecule has 4 rings (SSSR count). The van der Waals surface area contributed by atoms with Crippen molar-refractivity contribution in [2.24, 2.45) is 0 Å². The van der Waals surface area contributed by atoms with Crippen molar-refractivity contribution in [1.29, 1.82) is 0 Å². The van der Waals surface area contributed by atoms with Gasteiger partial charge in [-0.2, -0.15) is 0 Å². The highest BCUT2D eigenvalue weighted by molar-refractivity contribution is 6.99. The van der Waals surface area contributed by atoms with Crippen molar-refractivity contribution in [2.45, 2.75) is 69.7 Å². The molecule has 0 aliphatic carbocycles. The monoisotopic (exact) mass is 618 g/mol. The van der Waals surface area contributed by atoms with Gasteiger partial charge in [-0.25, -0.2) is 0 Å². The number of benzene rings is 3. The predicted octanol–water partition coefficient (Wildman–Crippen LogP) is 5.45. The number of carbonyl (C=O) groups is 1. The van der Waals surface area contributed by atoms with Crippen LogP contribution < -0.4 is 15.1 Å². The Bertz CT molecular complexity index is 1300. The van der Waals surface area contributed by atoms with Gasteiger partial charge in [0.05, 0.1) is 26.4 Å². The van der Waals surface area contributed by atoms with Gasteiger partial charge in [0.25, 0.3) is 8.32 Å². The molecule has 3 aromatic rings. The summed E-state index contributed by atoms with van der Waals surface area (Å²) in [6.45, 7) is 12.6. The van der Waals surface area contributed by atoms with Gasteiger partial charge in [-0.1, -0.05) is 99.6 Å². The van der Waals surface area contributed by atoms with E-state index in [1.807, 2.05) is 60.7 Å². The van der Waals surface area contributed by atoms with Gasteiger partial charge in [0.2, 0.25) is 0 Å². The van der Waals surface area contributed by atoms with E-state index in [2.05, 4.69) is 51.6 Å². The maximum Gasteiger partial charge on any atom is 0.261 e. The quantitative estimate of drug-likeness (QED) is 0.135. The molecule has 4 atom stereocenters. The van der Waals surface area contributed by atoms with E-state index < -0.39 is 32.2 Å². The zero-order chi connectivity index (χ0) is 31.8. The van der Waals surface area contributed by atoms with Crippen molar-refractivity contribution in [3.05, 3.63) is 103 Å². The van der Waals surface area contributed by atoms with Crippen molar-refractivity contribution in [1.82, 2.24) is 0 Å². The Morgan fingerprint density at radius 2 is 1.52 bits per heavy atom. The minimum absolute atomic E-state index is 0.0664. The molecule has 0 saturated carbocycles. The number of hydrogen-bond donors (Lipinski definition) is 0. The third-order valence-corrected chi connectivity index (χ3v) is 13.3. The summed E-state index contributed by atoms with van der Waals surface area (Å²) in [5.74, 6) is 0.513. The summed E-state index contributed by atoms with van der Waals surface area (Å²) in [5.41, 5.74) is -0.421. The van der Waals surface area contributed by atoms with E-state index in [9.17, 15) is 4.79 Å². The number of Topliss-reactive ketones (excluding diaryl/α,β-unsaturated/α-hetero) is 1. The number of ketones is 1. The number of rotatable bonds is 14. The summed E-state index contributed by atoms with van der Waals surface area (Å²) in [6.07, 6.45) is 0.139. The topological polar surface area (TPSA) is 72.5 Å². The molecule has 0 unspecified atom stereocenters. The Morgan fingerprint density at radius 3 is 2.02 bits per heavy atom. The van der Waals surface area contributed by atoms with Crippen molar-refractivity contribution >= 4 is 24.5 Å². The smallest absolute Gasteiger partial charge is 0.261 e. The van der Waals surface area contributed by atoms with Crippen molar-refractivity contribution in [2.75, 3.05) is 27.6 Å². The van der Waals surface area contributed by atoms with E-state index in [1.54, 1.807) is 20.1 Å². The van der Waals surface area contributed by atoms with Gasteiger partial charge in [-0.05, 0) is 46.5 Å². The van der Waals surface area contributed by atoms with Crippen LogP contribution in [0.15, 0.2) is 97.6 Å². The normalized spacial score (nSPS) is 22.5. The summed E-state index contributed by atoms with van der Waals surface area (Å²) in [5, 5.41) is 2.00. The first-order valence-electron chi connectivity index (χ1n) is 15.0. The fourth-order valence-electron chi connectivity index (χ4n) is 6.09. The molecule has 3 aromatic carbocycles. The number of methoxy groups -OCH3 is 2. The zero-order valence-corrected chi connectivity index (χ0v) is 27.8. The number of ether oxygens (including phenoxy) is 5. The maximum absolute atomic E-state index is 14.4. The fourth-order valence-corrected chi connectivity index (χ4v) is 10.6. The Kier molecular flexibility index (Phi) is 11.3. The SMILES string of the molecule is C=CC[C@H]1O[C@H](CO[Si](c2ccccc2)(c2ccccc2)C(C)(C)C)C(=O)[C@@](C)(OCOC)[C@H]1OCc1ccc(OC)cc1. The summed E-state index contributed by atoms with van der Waals surface area (Å²) >= 11 is 0. The van der Waals surface area contributed by atoms with E-state index >= 15 is 0 Å². The predicted molar refractivity (Wildman–Crippen MR) is 175 cm³/mol. The van der Waals surface area contributed by atoms with Crippen LogP contribution in [-0.2, 0) is 34.8 Å². The lowest BCUT2D eigenvalue weighted by atomic mass is 9.83. The van der Waals surface area contributed by atoms with Crippen LogP contribution in [0.1, 0.15) is 39.7 Å². The second-order valence-electron chi connectivity index (χ2n) is 12.3. The molecule has 236 valence electrons. The van der Waals surface area contributed by atoms with Crippen molar-refractivity contribution in [3.8, 4) is 5.75 Å². The molecular weight excluding hydrogens is 572 g/mol. The number of hydrogen-bond acceptors (Lipinski definition) is 7. The highest BCUT2D eigenvalue weighted by Crippen LogP contribution is 2.39. The van der Waals surface area contributed by atoms with Gasteiger partial charge in [-0.15, -0.1) is 6.58 Å². The maximum atomic E-state index is 14.4. The molecule has 0 amide bonds. The van der Waals surface area contributed by atoms with E-state index in [-0.39, 0.29) is 30.8 Å². The average molecular weight is 619 g/mol. The lowest BCUT2D eigenvalue weighted by Crippen LogP contribution is -2.69. The molecule has 8 heteroatoms. The highest BCUT2D eigenvalue weighted by atomic mass is 28.4. The molecule has 0 radical (unpaired) electrons. The van der Waals surface area contributed by atoms with Gasteiger partial charge in [-0.3, -0.25) is 4.79 Å². The molecule has 1 aliphatic rings. The van der Waals surface area contributed by atoms with Crippen molar-refractivity contribution < 1.29 is 32.9 Å². The van der Waals surface area contributed by atoms with Gasteiger partial charge in [0, 0.05) is 7.11 Å². The van der Waals surface area contributed by atoms with Gasteiger partial charge in [0.15, 0.2) is 11.4 Å². The highest BCUT2D eigenvalue weighted by Gasteiger charge is 2.57. The van der Waals surface area contributed by atoms with E-state index in [1.165, 1.54) is 7.11 Å². The summed E-state index contributed by atoms with van der Waals surface area (Å²) in [6, 6.07) is 28.3. The first-order chi connectivity index (χ1) is 21.1. The Balaban J connectivity index is 1.67. The van der Waals surface area contributed by atoms with Crippen LogP contribution in [0, 0.1) is 0 Å². The standard InChI is InChI=1S/C36H46O7Si/c1-8-15-31-34(40-24-27-20-22-28(39-7)23-21-27)36(5,41-26-38-6)33(37)32(43-31)25-42-44(35(2,3)4,29-16-11-9-12-17-29)30-18-13-10-14-19-30/h8-14,16-23,31-32,34H,1,15,24-26H2,2-7H3/t31-,32-,34+,36-/m1/s1. The van der Waals surface area contributed by atoms with E-state index in [4.69, 9.17) is 28.1 Å². The fraction of sp³-hybridized carbons (Fsp3) is 0.417. The van der Waals surface area contributed by atoms with Crippen LogP contribution in [0.3, 0.4) is 0 Å². The molecule has 1 saturated heterocycles. The molecule has 44 heavy (non-hydrogen) atoms. The summed E-state index contributed by atoms with van der Waals surface area (Å²) in [4.78, 5) is 14.4. The molecule has 1 fully saturated rings. The van der Waals surface area contributed by atoms with Crippen LogP contribution in [0.2, 0.25) is 5.04 Å². The van der Waals surface area contributed by atoms with E-state index in [0.717, 1.165) is 21.7 Å². The third-order valence-electron chi connectivity index (χ3n) is 8.33. The summed E-state index contributed by atoms with van der Waals surface area (Å²) < 4.78 is 36.8. The van der Waals surface area contributed by atoms with Crippen LogP contribution in [-0.4, -0.2) is 65.6 Å². The lowest BCUT2D eigenvalue weighted by molar-refractivity contribution is -0.248. The van der Waals surface area contributed by atoms with Crippen LogP contribution in [0.5, 0.6) is 5.75 Å². The van der Waals surface area contributed by atoms with Gasteiger partial charge < -0.3 is 28.1 Å². The third kappa shape index (κ3) is 7.06. The minimum Gasteiger partial charge on any atom is -0.497 e. The largest absolute Gasteiger partial charge is 0.497 e. The minimum atomic E-state index is -2.92. The van der Waals surface area contributed by atoms with Crippen molar-refractivity contribution in [3.63, 3.8) is 0 Å². The molecule has 1 aliphatic heterocycles. The summed E-state index contributed by atoms with van der Waals surface area (Å²) in [7, 11) is 0.242. The van der Waals surface area contributed by atoms with Gasteiger partial charge >= 0.3 is 0 Å². The second kappa shape index (κ2) is 14.8. The Morgan fingerprint density at radius 1 is 0.932 bits per heavy atom. The first kappa shape index (κ1) is 33.8. The van der Waals surface area contributed by atoms with Gasteiger partial charge in [0.1, 0.15) is 24.8 Å².